The predicted molar refractivity (Wildman–Crippen MR) is 116 cm³/mol. The Morgan fingerprint density at radius 1 is 1.12 bits per heavy atom. The van der Waals surface area contributed by atoms with Crippen LogP contribution in [0.2, 0.25) is 0 Å². The van der Waals surface area contributed by atoms with Crippen LogP contribution in [-0.4, -0.2) is 40.5 Å². The van der Waals surface area contributed by atoms with Gasteiger partial charge in [0, 0.05) is 11.8 Å². The van der Waals surface area contributed by atoms with E-state index in [1.165, 1.54) is 6.07 Å². The van der Waals surface area contributed by atoms with Gasteiger partial charge in [0.05, 0.1) is 24.0 Å². The Balaban J connectivity index is 1.49. The summed E-state index contributed by atoms with van der Waals surface area (Å²) in [6.45, 7) is 2.32. The molecule has 0 bridgehead atoms. The van der Waals surface area contributed by atoms with Gasteiger partial charge in [-0.1, -0.05) is 0 Å². The second-order valence-electron chi connectivity index (χ2n) is 7.38. The van der Waals surface area contributed by atoms with Crippen LogP contribution in [0.3, 0.4) is 0 Å². The van der Waals surface area contributed by atoms with Gasteiger partial charge in [-0.15, -0.1) is 10.2 Å². The zero-order chi connectivity index (χ0) is 22.8. The number of rotatable bonds is 6. The van der Waals surface area contributed by atoms with E-state index in [-0.39, 0.29) is 11.9 Å². The highest BCUT2D eigenvalue weighted by atomic mass is 19.1. The molecule has 0 radical (unpaired) electrons. The van der Waals surface area contributed by atoms with Crippen LogP contribution in [0.5, 0.6) is 5.75 Å². The maximum atomic E-state index is 14.5. The Morgan fingerprint density at radius 3 is 2.79 bits per heavy atom. The van der Waals surface area contributed by atoms with Crippen LogP contribution in [0.1, 0.15) is 12.5 Å². The fourth-order valence-corrected chi connectivity index (χ4v) is 3.51. The van der Waals surface area contributed by atoms with Crippen molar-refractivity contribution in [3.05, 3.63) is 78.9 Å². The second-order valence-corrected chi connectivity index (χ2v) is 7.38. The molecule has 0 unspecified atom stereocenters. The summed E-state index contributed by atoms with van der Waals surface area (Å²) in [5.74, 6) is -0.344. The molecule has 0 N–H and O–H groups in total. The van der Waals surface area contributed by atoms with Gasteiger partial charge in [0.2, 0.25) is 0 Å². The molecule has 9 nitrogen and oxygen atoms in total. The first-order chi connectivity index (χ1) is 16.1. The summed E-state index contributed by atoms with van der Waals surface area (Å²) < 4.78 is 23.7. The van der Waals surface area contributed by atoms with Crippen LogP contribution in [0.4, 0.5) is 4.39 Å². The third kappa shape index (κ3) is 3.99. The van der Waals surface area contributed by atoms with E-state index in [1.807, 2.05) is 6.92 Å². The number of nitriles is 1. The number of fused-ring (bicyclic) bond motifs is 1. The molecule has 0 spiro atoms. The minimum absolute atomic E-state index is 0.123. The normalized spacial score (nSPS) is 11.9. The molecule has 5 aromatic rings. The number of ether oxygens (including phenoxy) is 1. The number of benzene rings is 1. The van der Waals surface area contributed by atoms with Crippen LogP contribution in [0.25, 0.3) is 28.3 Å². The van der Waals surface area contributed by atoms with Crippen LogP contribution < -0.4 is 4.74 Å². The number of hydrogen-bond donors (Lipinski definition) is 0. The molecule has 4 heterocycles. The van der Waals surface area contributed by atoms with Gasteiger partial charge >= 0.3 is 0 Å². The van der Waals surface area contributed by atoms with E-state index >= 15 is 0 Å². The first kappa shape index (κ1) is 20.3. The fraction of sp³-hybridized carbons (Fsp3) is 0.130. The lowest BCUT2D eigenvalue weighted by Gasteiger charge is -2.16. The van der Waals surface area contributed by atoms with Gasteiger partial charge in [-0.05, 0) is 49.4 Å². The Morgan fingerprint density at radius 2 is 1.97 bits per heavy atom. The zero-order valence-corrected chi connectivity index (χ0v) is 17.5. The van der Waals surface area contributed by atoms with Gasteiger partial charge in [0.25, 0.3) is 0 Å². The van der Waals surface area contributed by atoms with Crippen molar-refractivity contribution in [3.8, 4) is 34.5 Å². The monoisotopic (exact) mass is 440 g/mol. The minimum atomic E-state index is -0.467. The van der Waals surface area contributed by atoms with Gasteiger partial charge in [-0.25, -0.2) is 13.9 Å². The molecule has 4 aromatic heterocycles. The van der Waals surface area contributed by atoms with Crippen LogP contribution >= 0.6 is 0 Å². The third-order valence-corrected chi connectivity index (χ3v) is 5.02. The molecule has 0 aliphatic rings. The Hall–Kier alpha value is -4.65. The molecule has 1 atom stereocenters. The first-order valence-electron chi connectivity index (χ1n) is 10.1. The quantitative estimate of drug-likeness (QED) is 0.398. The highest BCUT2D eigenvalue weighted by molar-refractivity contribution is 5.68. The summed E-state index contributed by atoms with van der Waals surface area (Å²) in [6.07, 6.45) is 6.09. The summed E-state index contributed by atoms with van der Waals surface area (Å²) in [4.78, 5) is 8.70. The maximum absolute atomic E-state index is 14.5. The van der Waals surface area contributed by atoms with Crippen molar-refractivity contribution >= 4 is 5.65 Å². The standard InChI is InChI=1S/C23H17FN8O/c1-15(12-31-13-28-29-14-31)33-21-9-16(4-5-18(21)24)19-6-7-22-27-11-20(32(22)30-19)23-17(10-25)3-2-8-26-23/h2-9,11,13-15H,12H2,1H3/t15-/m0/s1. The molecule has 162 valence electrons. The van der Waals surface area contributed by atoms with E-state index in [0.717, 1.165) is 0 Å². The number of pyridine rings is 1. The van der Waals surface area contributed by atoms with Gasteiger partial charge in [-0.2, -0.15) is 10.4 Å². The molecule has 33 heavy (non-hydrogen) atoms. The number of hydrogen-bond acceptors (Lipinski definition) is 7. The Labute approximate surface area is 187 Å². The summed E-state index contributed by atoms with van der Waals surface area (Å²) in [5.41, 5.74) is 3.36. The van der Waals surface area contributed by atoms with Gasteiger partial charge in [0.15, 0.2) is 17.2 Å². The predicted octanol–water partition coefficient (Wildman–Crippen LogP) is 3.53. The van der Waals surface area contributed by atoms with Gasteiger partial charge < -0.3 is 9.30 Å². The summed E-state index contributed by atoms with van der Waals surface area (Å²) in [7, 11) is 0. The van der Waals surface area contributed by atoms with Crippen molar-refractivity contribution in [1.29, 1.82) is 5.26 Å². The van der Waals surface area contributed by atoms with Crippen molar-refractivity contribution in [1.82, 2.24) is 34.3 Å². The van der Waals surface area contributed by atoms with E-state index in [4.69, 9.17) is 4.74 Å². The lowest BCUT2D eigenvalue weighted by molar-refractivity contribution is 0.191. The van der Waals surface area contributed by atoms with Crippen molar-refractivity contribution in [2.24, 2.45) is 0 Å². The highest BCUT2D eigenvalue weighted by Gasteiger charge is 2.15. The van der Waals surface area contributed by atoms with Gasteiger partial charge in [-0.3, -0.25) is 4.98 Å². The van der Waals surface area contributed by atoms with E-state index < -0.39 is 5.82 Å². The van der Waals surface area contributed by atoms with Crippen LogP contribution in [0.15, 0.2) is 67.5 Å². The molecule has 1 aromatic carbocycles. The van der Waals surface area contributed by atoms with Crippen molar-refractivity contribution in [2.45, 2.75) is 19.6 Å². The number of imidazole rings is 1. The summed E-state index contributed by atoms with van der Waals surface area (Å²) in [6, 6.07) is 13.7. The SMILES string of the molecule is C[C@@H](Cn1cnnc1)Oc1cc(-c2ccc3ncc(-c4ncccc4C#N)n3n2)ccc1F. The van der Waals surface area contributed by atoms with Crippen LogP contribution in [-0.2, 0) is 6.54 Å². The molecule has 10 heteroatoms. The highest BCUT2D eigenvalue weighted by Crippen LogP contribution is 2.28. The van der Waals surface area contributed by atoms with E-state index in [2.05, 4.69) is 31.3 Å². The molecule has 0 fully saturated rings. The number of halogens is 1. The van der Waals surface area contributed by atoms with Crippen LogP contribution in [0, 0.1) is 17.1 Å². The number of aromatic nitrogens is 7. The Bertz CT molecular complexity index is 1470. The maximum Gasteiger partial charge on any atom is 0.165 e. The molecular weight excluding hydrogens is 423 g/mol. The lowest BCUT2D eigenvalue weighted by Crippen LogP contribution is -2.19. The Kier molecular flexibility index (Phi) is 5.20. The smallest absolute Gasteiger partial charge is 0.165 e. The van der Waals surface area contributed by atoms with Crippen molar-refractivity contribution in [2.75, 3.05) is 0 Å². The van der Waals surface area contributed by atoms with E-state index in [9.17, 15) is 9.65 Å². The third-order valence-electron chi connectivity index (χ3n) is 5.02. The first-order valence-corrected chi connectivity index (χ1v) is 10.1. The van der Waals surface area contributed by atoms with Crippen molar-refractivity contribution in [3.63, 3.8) is 0 Å². The van der Waals surface area contributed by atoms with Gasteiger partial charge in [0.1, 0.15) is 36.2 Å². The molecule has 0 amide bonds. The average Bonchev–Trinajstić information content (AvgIpc) is 3.50. The molecule has 0 aliphatic carbocycles. The van der Waals surface area contributed by atoms with Crippen molar-refractivity contribution < 1.29 is 9.13 Å². The zero-order valence-electron chi connectivity index (χ0n) is 17.5. The largest absolute Gasteiger partial charge is 0.486 e. The van der Waals surface area contributed by atoms with E-state index in [0.29, 0.717) is 40.4 Å². The second kappa shape index (κ2) is 8.47. The molecule has 0 saturated carbocycles. The van der Waals surface area contributed by atoms with E-state index in [1.54, 1.807) is 70.5 Å². The lowest BCUT2D eigenvalue weighted by atomic mass is 10.1. The average molecular weight is 440 g/mol. The molecule has 0 aliphatic heterocycles. The fourth-order valence-electron chi connectivity index (χ4n) is 3.51. The number of nitrogens with zero attached hydrogens (tertiary/aromatic N) is 8. The molecular formula is C23H17FN8O. The topological polar surface area (TPSA) is 107 Å². The summed E-state index contributed by atoms with van der Waals surface area (Å²) in [5, 5.41) is 21.6. The summed E-state index contributed by atoms with van der Waals surface area (Å²) >= 11 is 0. The molecule has 5 rings (SSSR count). The minimum Gasteiger partial charge on any atom is -0.486 e. The molecule has 0 saturated heterocycles.